The summed E-state index contributed by atoms with van der Waals surface area (Å²) in [6.07, 6.45) is 0. The molecule has 112 valence electrons. The number of hydrogen-bond donors (Lipinski definition) is 1. The average molecular weight is 287 g/mol. The minimum Gasteiger partial charge on any atom is -0.493 e. The molecule has 0 aromatic heterocycles. The van der Waals surface area contributed by atoms with Crippen molar-refractivity contribution in [3.63, 3.8) is 0 Å². The second-order valence-electron chi connectivity index (χ2n) is 5.58. The molecule has 0 aliphatic carbocycles. The molecule has 0 fully saturated rings. The van der Waals surface area contributed by atoms with Crippen LogP contribution in [0.15, 0.2) is 48.5 Å². The first-order valence-electron chi connectivity index (χ1n) is 7.30. The van der Waals surface area contributed by atoms with Gasteiger partial charge in [0.15, 0.2) is 0 Å². The number of ether oxygens (including phenoxy) is 1. The summed E-state index contributed by atoms with van der Waals surface area (Å²) in [7, 11) is 0. The highest BCUT2D eigenvalue weighted by Crippen LogP contribution is 2.14. The largest absolute Gasteiger partial charge is 0.493 e. The van der Waals surface area contributed by atoms with Gasteiger partial charge in [-0.1, -0.05) is 38.1 Å². The van der Waals surface area contributed by atoms with Crippen molar-refractivity contribution in [2.24, 2.45) is 5.92 Å². The Bertz CT molecular complexity index is 551. The van der Waals surface area contributed by atoms with Gasteiger partial charge in [-0.2, -0.15) is 0 Å². The maximum atomic E-state index is 12.8. The smallest absolute Gasteiger partial charge is 0.123 e. The van der Waals surface area contributed by atoms with Crippen LogP contribution in [0.4, 0.5) is 4.39 Å². The lowest BCUT2D eigenvalue weighted by molar-refractivity contribution is 0.271. The molecule has 0 amide bonds. The van der Waals surface area contributed by atoms with Crippen molar-refractivity contribution in [2.45, 2.75) is 26.9 Å². The second kappa shape index (κ2) is 7.79. The Labute approximate surface area is 126 Å². The normalized spacial score (nSPS) is 10.9. The SMILES string of the molecule is CC(C)COc1cccc(CNCc2ccc(F)cc2)c1. The van der Waals surface area contributed by atoms with Crippen LogP contribution >= 0.6 is 0 Å². The van der Waals surface area contributed by atoms with E-state index in [1.54, 1.807) is 12.1 Å². The van der Waals surface area contributed by atoms with Gasteiger partial charge in [-0.3, -0.25) is 0 Å². The number of nitrogens with one attached hydrogen (secondary N) is 1. The van der Waals surface area contributed by atoms with Crippen molar-refractivity contribution in [2.75, 3.05) is 6.61 Å². The fraction of sp³-hybridized carbons (Fsp3) is 0.333. The first kappa shape index (κ1) is 15.5. The third-order valence-corrected chi connectivity index (χ3v) is 3.05. The fourth-order valence-electron chi connectivity index (χ4n) is 1.96. The molecule has 21 heavy (non-hydrogen) atoms. The van der Waals surface area contributed by atoms with E-state index in [4.69, 9.17) is 4.74 Å². The molecule has 1 N–H and O–H groups in total. The summed E-state index contributed by atoms with van der Waals surface area (Å²) in [5.74, 6) is 1.23. The van der Waals surface area contributed by atoms with E-state index in [-0.39, 0.29) is 5.82 Å². The predicted molar refractivity (Wildman–Crippen MR) is 83.7 cm³/mol. The van der Waals surface area contributed by atoms with Gasteiger partial charge in [-0.05, 0) is 41.3 Å². The van der Waals surface area contributed by atoms with Crippen LogP contribution in [0.5, 0.6) is 5.75 Å². The lowest BCUT2D eigenvalue weighted by Gasteiger charge is -2.10. The Hall–Kier alpha value is -1.87. The first-order chi connectivity index (χ1) is 10.1. The zero-order valence-electron chi connectivity index (χ0n) is 12.6. The van der Waals surface area contributed by atoms with Crippen LogP contribution in [0.25, 0.3) is 0 Å². The quantitative estimate of drug-likeness (QED) is 0.826. The van der Waals surface area contributed by atoms with E-state index in [1.165, 1.54) is 17.7 Å². The molecule has 0 saturated carbocycles. The molecule has 2 nitrogen and oxygen atoms in total. The Kier molecular flexibility index (Phi) is 5.76. The molecular formula is C18H22FNO. The van der Waals surface area contributed by atoms with Gasteiger partial charge < -0.3 is 10.1 Å². The van der Waals surface area contributed by atoms with Gasteiger partial charge in [0.2, 0.25) is 0 Å². The van der Waals surface area contributed by atoms with Crippen LogP contribution in [-0.2, 0) is 13.1 Å². The topological polar surface area (TPSA) is 21.3 Å². The van der Waals surface area contributed by atoms with Crippen molar-refractivity contribution >= 4 is 0 Å². The zero-order valence-corrected chi connectivity index (χ0v) is 12.6. The summed E-state index contributed by atoms with van der Waals surface area (Å²) >= 11 is 0. The molecular weight excluding hydrogens is 265 g/mol. The predicted octanol–water partition coefficient (Wildman–Crippen LogP) is 4.15. The summed E-state index contributed by atoms with van der Waals surface area (Å²) in [4.78, 5) is 0. The summed E-state index contributed by atoms with van der Waals surface area (Å²) < 4.78 is 18.5. The highest BCUT2D eigenvalue weighted by atomic mass is 19.1. The Balaban J connectivity index is 1.82. The van der Waals surface area contributed by atoms with E-state index in [9.17, 15) is 4.39 Å². The van der Waals surface area contributed by atoms with Crippen LogP contribution in [-0.4, -0.2) is 6.61 Å². The lowest BCUT2D eigenvalue weighted by Crippen LogP contribution is -2.12. The highest BCUT2D eigenvalue weighted by Gasteiger charge is 2.00. The lowest BCUT2D eigenvalue weighted by atomic mass is 10.2. The molecule has 0 atom stereocenters. The number of halogens is 1. The summed E-state index contributed by atoms with van der Waals surface area (Å²) in [5, 5.41) is 3.35. The molecule has 2 rings (SSSR count). The molecule has 0 heterocycles. The fourth-order valence-corrected chi connectivity index (χ4v) is 1.96. The Morgan fingerprint density at radius 2 is 1.71 bits per heavy atom. The second-order valence-corrected chi connectivity index (χ2v) is 5.58. The molecule has 0 radical (unpaired) electrons. The minimum absolute atomic E-state index is 0.200. The third kappa shape index (κ3) is 5.56. The van der Waals surface area contributed by atoms with Gasteiger partial charge in [0.25, 0.3) is 0 Å². The molecule has 0 bridgehead atoms. The van der Waals surface area contributed by atoms with Crippen molar-refractivity contribution in [3.8, 4) is 5.75 Å². The van der Waals surface area contributed by atoms with E-state index >= 15 is 0 Å². The van der Waals surface area contributed by atoms with E-state index in [0.29, 0.717) is 5.92 Å². The minimum atomic E-state index is -0.200. The van der Waals surface area contributed by atoms with E-state index in [0.717, 1.165) is 31.0 Å². The van der Waals surface area contributed by atoms with Crippen LogP contribution in [0.3, 0.4) is 0 Å². The zero-order chi connectivity index (χ0) is 15.1. The molecule has 0 unspecified atom stereocenters. The molecule has 0 spiro atoms. The van der Waals surface area contributed by atoms with Crippen LogP contribution in [0, 0.1) is 11.7 Å². The van der Waals surface area contributed by atoms with Crippen molar-refractivity contribution in [1.82, 2.24) is 5.32 Å². The molecule has 0 aliphatic rings. The first-order valence-corrected chi connectivity index (χ1v) is 7.30. The van der Waals surface area contributed by atoms with Gasteiger partial charge in [-0.25, -0.2) is 4.39 Å². The van der Waals surface area contributed by atoms with Crippen molar-refractivity contribution < 1.29 is 9.13 Å². The van der Waals surface area contributed by atoms with E-state index < -0.39 is 0 Å². The highest BCUT2D eigenvalue weighted by molar-refractivity contribution is 5.28. The number of rotatable bonds is 7. The Morgan fingerprint density at radius 3 is 2.43 bits per heavy atom. The summed E-state index contributed by atoms with van der Waals surface area (Å²) in [6.45, 7) is 6.47. The third-order valence-electron chi connectivity index (χ3n) is 3.05. The maximum Gasteiger partial charge on any atom is 0.123 e. The molecule has 2 aromatic carbocycles. The average Bonchev–Trinajstić information content (AvgIpc) is 2.48. The van der Waals surface area contributed by atoms with E-state index in [1.807, 2.05) is 12.1 Å². The monoisotopic (exact) mass is 287 g/mol. The van der Waals surface area contributed by atoms with Gasteiger partial charge in [-0.15, -0.1) is 0 Å². The van der Waals surface area contributed by atoms with Crippen LogP contribution < -0.4 is 10.1 Å². The molecule has 3 heteroatoms. The summed E-state index contributed by atoms with van der Waals surface area (Å²) in [5.41, 5.74) is 2.25. The summed E-state index contributed by atoms with van der Waals surface area (Å²) in [6, 6.07) is 14.7. The van der Waals surface area contributed by atoms with Crippen molar-refractivity contribution in [3.05, 3.63) is 65.5 Å². The molecule has 0 saturated heterocycles. The van der Waals surface area contributed by atoms with Gasteiger partial charge >= 0.3 is 0 Å². The van der Waals surface area contributed by atoms with Crippen molar-refractivity contribution in [1.29, 1.82) is 0 Å². The standard InChI is InChI=1S/C18H22FNO/c1-14(2)13-21-18-5-3-4-16(10-18)12-20-11-15-6-8-17(19)9-7-15/h3-10,14,20H,11-13H2,1-2H3. The Morgan fingerprint density at radius 1 is 1.00 bits per heavy atom. The maximum absolute atomic E-state index is 12.8. The van der Waals surface area contributed by atoms with Crippen LogP contribution in [0.1, 0.15) is 25.0 Å². The van der Waals surface area contributed by atoms with E-state index in [2.05, 4.69) is 31.3 Å². The number of benzene rings is 2. The molecule has 2 aromatic rings. The van der Waals surface area contributed by atoms with Gasteiger partial charge in [0, 0.05) is 13.1 Å². The molecule has 0 aliphatic heterocycles. The van der Waals surface area contributed by atoms with Gasteiger partial charge in [0.1, 0.15) is 11.6 Å². The van der Waals surface area contributed by atoms with Gasteiger partial charge in [0.05, 0.1) is 6.61 Å². The van der Waals surface area contributed by atoms with Crippen LogP contribution in [0.2, 0.25) is 0 Å². The number of hydrogen-bond acceptors (Lipinski definition) is 2.